The van der Waals surface area contributed by atoms with Gasteiger partial charge in [0.25, 0.3) is 0 Å². The number of nitrogens with one attached hydrogen (secondary N) is 1. The molecule has 12 rings (SSSR count). The molecule has 0 bridgehead atoms. The van der Waals surface area contributed by atoms with Crippen molar-refractivity contribution in [2.24, 2.45) is 9.98 Å². The molecular formula is C60H43N3O. The summed E-state index contributed by atoms with van der Waals surface area (Å²) in [6, 6.07) is 78.0. The Bertz CT molecular complexity index is 3340. The number of aliphatic imine (C=N–C) groups is 2. The van der Waals surface area contributed by atoms with Gasteiger partial charge in [-0.2, -0.15) is 0 Å². The molecule has 0 saturated heterocycles. The van der Waals surface area contributed by atoms with Crippen LogP contribution in [0.15, 0.2) is 233 Å². The first-order valence-corrected chi connectivity index (χ1v) is 22.2. The van der Waals surface area contributed by atoms with E-state index < -0.39 is 6.17 Å². The monoisotopic (exact) mass is 821 g/mol. The van der Waals surface area contributed by atoms with Gasteiger partial charge in [-0.25, -0.2) is 9.98 Å². The van der Waals surface area contributed by atoms with Crippen LogP contribution in [0.2, 0.25) is 0 Å². The number of benzene rings is 9. The maximum Gasteiger partial charge on any atom is 0.170 e. The quantitative estimate of drug-likeness (QED) is 0.174. The highest BCUT2D eigenvalue weighted by molar-refractivity contribution is 6.18. The van der Waals surface area contributed by atoms with Crippen molar-refractivity contribution in [1.82, 2.24) is 5.32 Å². The van der Waals surface area contributed by atoms with Crippen molar-refractivity contribution in [2.45, 2.75) is 24.9 Å². The molecule has 0 spiro atoms. The van der Waals surface area contributed by atoms with E-state index in [0.717, 1.165) is 96.5 Å². The van der Waals surface area contributed by atoms with E-state index in [1.54, 1.807) is 0 Å². The summed E-state index contributed by atoms with van der Waals surface area (Å²) >= 11 is 0. The number of amidine groups is 2. The summed E-state index contributed by atoms with van der Waals surface area (Å²) in [7, 11) is 0. The molecule has 1 atom stereocenters. The molecule has 1 unspecified atom stereocenters. The Morgan fingerprint density at radius 3 is 1.61 bits per heavy atom. The van der Waals surface area contributed by atoms with Crippen LogP contribution in [0.4, 0.5) is 0 Å². The van der Waals surface area contributed by atoms with Gasteiger partial charge >= 0.3 is 0 Å². The summed E-state index contributed by atoms with van der Waals surface area (Å²) in [5.74, 6) is 1.85. The first-order valence-electron chi connectivity index (χ1n) is 22.2. The van der Waals surface area contributed by atoms with Crippen LogP contribution in [0.3, 0.4) is 0 Å². The first kappa shape index (κ1) is 37.7. The van der Waals surface area contributed by atoms with Crippen LogP contribution in [0.5, 0.6) is 0 Å². The third-order valence-corrected chi connectivity index (χ3v) is 13.0. The summed E-state index contributed by atoms with van der Waals surface area (Å²) in [4.78, 5) is 10.8. The minimum atomic E-state index is -0.553. The van der Waals surface area contributed by atoms with Crippen LogP contribution in [-0.4, -0.2) is 11.7 Å². The predicted molar refractivity (Wildman–Crippen MR) is 264 cm³/mol. The van der Waals surface area contributed by atoms with Gasteiger partial charge in [0, 0.05) is 44.5 Å². The minimum Gasteiger partial charge on any atom is -0.455 e. The highest BCUT2D eigenvalue weighted by Crippen LogP contribution is 2.48. The number of rotatable bonds is 7. The molecule has 4 nitrogen and oxygen atoms in total. The lowest BCUT2D eigenvalue weighted by molar-refractivity contribution is 0.670. The molecule has 304 valence electrons. The normalized spacial score (nSPS) is 14.8. The van der Waals surface area contributed by atoms with Crippen molar-refractivity contribution in [2.75, 3.05) is 0 Å². The summed E-state index contributed by atoms with van der Waals surface area (Å²) in [5.41, 5.74) is 17.9. The van der Waals surface area contributed by atoms with E-state index in [2.05, 4.69) is 212 Å². The average Bonchev–Trinajstić information content (AvgIpc) is 3.68. The smallest absolute Gasteiger partial charge is 0.170 e. The van der Waals surface area contributed by atoms with Gasteiger partial charge in [0.05, 0.1) is 0 Å². The van der Waals surface area contributed by atoms with Gasteiger partial charge in [-0.3, -0.25) is 0 Å². The molecule has 1 N–H and O–H groups in total. The molecule has 10 aromatic rings. The van der Waals surface area contributed by atoms with Gasteiger partial charge in [-0.1, -0.05) is 200 Å². The largest absolute Gasteiger partial charge is 0.455 e. The summed E-state index contributed by atoms with van der Waals surface area (Å²) < 4.78 is 7.27. The van der Waals surface area contributed by atoms with Crippen LogP contribution >= 0.6 is 0 Å². The fraction of sp³-hybridized carbons (Fsp3) is 0.0667. The van der Waals surface area contributed by atoms with Crippen molar-refractivity contribution >= 4 is 33.6 Å². The molecule has 1 aromatic heterocycles. The third-order valence-electron chi connectivity index (χ3n) is 13.0. The molecule has 0 fully saturated rings. The van der Waals surface area contributed by atoms with E-state index in [1.807, 2.05) is 12.1 Å². The predicted octanol–water partition coefficient (Wildman–Crippen LogP) is 14.8. The van der Waals surface area contributed by atoms with Crippen LogP contribution in [0, 0.1) is 0 Å². The Kier molecular flexibility index (Phi) is 9.41. The molecule has 64 heavy (non-hydrogen) atoms. The van der Waals surface area contributed by atoms with Crippen molar-refractivity contribution < 1.29 is 4.42 Å². The van der Waals surface area contributed by atoms with Gasteiger partial charge in [-0.15, -0.1) is 0 Å². The summed E-state index contributed by atoms with van der Waals surface area (Å²) in [6.07, 6.45) is 1.53. The zero-order valence-electron chi connectivity index (χ0n) is 35.2. The standard InChI is InChI=1S/C60H43N3O/c1-6-18-39(19-7-1)48-32-30-42-24-16-17-29-47(42)53-36-45(31-33-50(48)53)46-37-52(41-22-10-3-11-23-41)56-54(38-46)55-51(35-34-49(57(55)64-56)40-20-8-2-9-21-40)60-62-58(43-25-12-4-13-26-43)61-59(63-60)44-27-14-5-15-28-44/h1-29,31,33-38,48,60H,30,32H2,(H,61,62,63). The van der Waals surface area contributed by atoms with Gasteiger partial charge < -0.3 is 9.73 Å². The first-order chi connectivity index (χ1) is 31.7. The SMILES string of the molecule is c1ccc(C2=NC(c3ccc(-c4ccccc4)c4oc5c(-c6ccccc6)cc(-c6ccc7c(c6)-c6ccccc6CCC7c6ccccc6)cc5c34)N=C(c3ccccc3)N2)cc1. The highest BCUT2D eigenvalue weighted by Gasteiger charge is 2.28. The van der Waals surface area contributed by atoms with Gasteiger partial charge in [0.15, 0.2) is 6.17 Å². The van der Waals surface area contributed by atoms with Crippen LogP contribution < -0.4 is 5.32 Å². The second-order valence-electron chi connectivity index (χ2n) is 16.8. The second-order valence-corrected chi connectivity index (χ2v) is 16.8. The lowest BCUT2D eigenvalue weighted by Crippen LogP contribution is -2.36. The molecule has 0 amide bonds. The second kappa shape index (κ2) is 16.0. The Morgan fingerprint density at radius 2 is 0.953 bits per heavy atom. The number of nitrogens with zero attached hydrogens (tertiary/aromatic N) is 2. The molecule has 4 heteroatoms. The van der Waals surface area contributed by atoms with E-state index in [-0.39, 0.29) is 0 Å². The molecule has 0 radical (unpaired) electrons. The lowest BCUT2D eigenvalue weighted by atomic mass is 9.84. The lowest BCUT2D eigenvalue weighted by Gasteiger charge is -2.23. The summed E-state index contributed by atoms with van der Waals surface area (Å²) in [6.45, 7) is 0. The molecule has 2 heterocycles. The number of hydrogen-bond donors (Lipinski definition) is 1. The average molecular weight is 822 g/mol. The van der Waals surface area contributed by atoms with Crippen molar-refractivity contribution in [3.05, 3.63) is 252 Å². The fourth-order valence-corrected chi connectivity index (χ4v) is 9.90. The molecule has 1 aliphatic carbocycles. The maximum absolute atomic E-state index is 7.27. The van der Waals surface area contributed by atoms with Gasteiger partial charge in [-0.05, 0) is 81.1 Å². The zero-order valence-corrected chi connectivity index (χ0v) is 35.2. The van der Waals surface area contributed by atoms with Crippen LogP contribution in [-0.2, 0) is 6.42 Å². The third kappa shape index (κ3) is 6.72. The van der Waals surface area contributed by atoms with E-state index in [4.69, 9.17) is 14.4 Å². The van der Waals surface area contributed by atoms with Crippen molar-refractivity contribution in [3.8, 4) is 44.5 Å². The molecule has 9 aromatic carbocycles. The van der Waals surface area contributed by atoms with Crippen molar-refractivity contribution in [1.29, 1.82) is 0 Å². The van der Waals surface area contributed by atoms with E-state index in [0.29, 0.717) is 5.92 Å². The zero-order chi connectivity index (χ0) is 42.4. The molecule has 1 aliphatic heterocycles. The van der Waals surface area contributed by atoms with Crippen molar-refractivity contribution in [3.63, 3.8) is 0 Å². The number of hydrogen-bond acceptors (Lipinski definition) is 4. The number of aryl methyl sites for hydroxylation is 1. The molecule has 0 saturated carbocycles. The van der Waals surface area contributed by atoms with E-state index in [1.165, 1.54) is 27.8 Å². The highest BCUT2D eigenvalue weighted by atomic mass is 16.3. The van der Waals surface area contributed by atoms with E-state index in [9.17, 15) is 0 Å². The van der Waals surface area contributed by atoms with E-state index >= 15 is 0 Å². The Morgan fingerprint density at radius 1 is 0.406 bits per heavy atom. The van der Waals surface area contributed by atoms with Crippen LogP contribution in [0.25, 0.3) is 66.4 Å². The minimum absolute atomic E-state index is 0.296. The van der Waals surface area contributed by atoms with Gasteiger partial charge in [0.1, 0.15) is 22.8 Å². The van der Waals surface area contributed by atoms with Gasteiger partial charge in [0.2, 0.25) is 0 Å². The Labute approximate surface area is 373 Å². The summed E-state index contributed by atoms with van der Waals surface area (Å²) in [5, 5.41) is 5.63. The van der Waals surface area contributed by atoms with Crippen LogP contribution in [0.1, 0.15) is 51.9 Å². The molecule has 2 aliphatic rings. The number of furan rings is 1. The Hall–Kier alpha value is -8.08. The molecular weight excluding hydrogens is 779 g/mol. The maximum atomic E-state index is 7.27. The topological polar surface area (TPSA) is 49.9 Å². The Balaban J connectivity index is 1.13. The number of fused-ring (bicyclic) bond motifs is 6. The fourth-order valence-electron chi connectivity index (χ4n) is 9.90.